The molecular weight excluding hydrogens is 258 g/mol. The highest BCUT2D eigenvalue weighted by Crippen LogP contribution is 2.27. The highest BCUT2D eigenvalue weighted by Gasteiger charge is 2.13. The molecule has 0 aliphatic rings. The Morgan fingerprint density at radius 1 is 1.59 bits per heavy atom. The summed E-state index contributed by atoms with van der Waals surface area (Å²) in [6.45, 7) is 0. The van der Waals surface area contributed by atoms with Crippen molar-refractivity contribution in [3.05, 3.63) is 0 Å². The van der Waals surface area contributed by atoms with Crippen molar-refractivity contribution in [1.29, 1.82) is 0 Å². The maximum Gasteiger partial charge on any atom is 0.234 e. The molecule has 0 aromatic carbocycles. The van der Waals surface area contributed by atoms with E-state index in [9.17, 15) is 4.79 Å². The maximum atomic E-state index is 11.0. The lowest BCUT2D eigenvalue weighted by Gasteiger charge is -2.10. The highest BCUT2D eigenvalue weighted by atomic mass is 32.2. The van der Waals surface area contributed by atoms with Gasteiger partial charge in [0.2, 0.25) is 11.0 Å². The fraction of sp³-hybridized carbons (Fsp3) is 0.667. The molecule has 8 heteroatoms. The Morgan fingerprint density at radius 2 is 2.29 bits per heavy atom. The largest absolute Gasteiger partial charge is 0.368 e. The van der Waals surface area contributed by atoms with E-state index < -0.39 is 0 Å². The zero-order valence-electron chi connectivity index (χ0n) is 10.1. The highest BCUT2D eigenvalue weighted by molar-refractivity contribution is 8.01. The normalized spacial score (nSPS) is 12.4. The molecule has 1 aromatic rings. The first-order valence-corrected chi connectivity index (χ1v) is 6.95. The molecule has 17 heavy (non-hydrogen) atoms. The molecule has 3 N–H and O–H groups in total. The second-order valence-corrected chi connectivity index (χ2v) is 5.92. The van der Waals surface area contributed by atoms with E-state index in [-0.39, 0.29) is 11.9 Å². The Labute approximate surface area is 109 Å². The molecular formula is C9H17N5OS2. The van der Waals surface area contributed by atoms with Crippen LogP contribution in [0, 0.1) is 0 Å². The maximum absolute atomic E-state index is 11.0. The van der Waals surface area contributed by atoms with Gasteiger partial charge in [0.25, 0.3) is 0 Å². The molecule has 1 amide bonds. The molecule has 0 aliphatic carbocycles. The Bertz CT molecular complexity index is 368. The van der Waals surface area contributed by atoms with E-state index in [4.69, 9.17) is 5.73 Å². The Morgan fingerprint density at radius 3 is 2.76 bits per heavy atom. The molecule has 1 unspecified atom stereocenters. The Balaban J connectivity index is 2.37. The molecule has 0 saturated heterocycles. The summed E-state index contributed by atoms with van der Waals surface area (Å²) in [5.41, 5.74) is 5.23. The number of amides is 1. The first kappa shape index (κ1) is 14.2. The fourth-order valence-corrected chi connectivity index (χ4v) is 2.97. The molecule has 0 radical (unpaired) electrons. The molecule has 1 atom stereocenters. The quantitative estimate of drug-likeness (QED) is 0.690. The summed E-state index contributed by atoms with van der Waals surface area (Å²) in [6, 6.07) is -0.274. The van der Waals surface area contributed by atoms with Crippen molar-refractivity contribution in [2.24, 2.45) is 5.73 Å². The van der Waals surface area contributed by atoms with Crippen molar-refractivity contribution < 1.29 is 4.79 Å². The number of nitrogens with zero attached hydrogens (tertiary/aromatic N) is 3. The van der Waals surface area contributed by atoms with Gasteiger partial charge in [0.1, 0.15) is 0 Å². The summed E-state index contributed by atoms with van der Waals surface area (Å²) in [5, 5.41) is 11.9. The van der Waals surface area contributed by atoms with Gasteiger partial charge in [-0.1, -0.05) is 23.1 Å². The van der Waals surface area contributed by atoms with Crippen LogP contribution >= 0.6 is 23.1 Å². The van der Waals surface area contributed by atoms with E-state index in [1.807, 2.05) is 19.0 Å². The fourth-order valence-electron chi connectivity index (χ4n) is 1.13. The summed E-state index contributed by atoms with van der Waals surface area (Å²) in [5.74, 6) is 0.468. The average Bonchev–Trinajstić information content (AvgIpc) is 2.72. The molecule has 0 spiro atoms. The van der Waals surface area contributed by atoms with Crippen molar-refractivity contribution in [2.45, 2.75) is 16.8 Å². The predicted molar refractivity (Wildman–Crippen MR) is 71.6 cm³/mol. The number of carbonyl (C=O) groups is 1. The van der Waals surface area contributed by atoms with Crippen LogP contribution in [0.5, 0.6) is 0 Å². The Kier molecular flexibility index (Phi) is 5.66. The van der Waals surface area contributed by atoms with Crippen molar-refractivity contribution in [2.75, 3.05) is 31.8 Å². The minimum absolute atomic E-state index is 0.274. The van der Waals surface area contributed by atoms with E-state index in [0.717, 1.165) is 15.2 Å². The number of rotatable bonds is 7. The molecule has 1 aromatic heterocycles. The minimum atomic E-state index is -0.320. The summed E-state index contributed by atoms with van der Waals surface area (Å²) >= 11 is 3.13. The van der Waals surface area contributed by atoms with Crippen LogP contribution in [0.1, 0.15) is 6.42 Å². The number of hydrogen-bond donors (Lipinski definition) is 2. The van der Waals surface area contributed by atoms with Crippen molar-refractivity contribution in [3.63, 3.8) is 0 Å². The Hall–Kier alpha value is -0.860. The van der Waals surface area contributed by atoms with Crippen LogP contribution in [0.4, 0.5) is 5.13 Å². The number of anilines is 1. The van der Waals surface area contributed by atoms with Crippen LogP contribution in [0.3, 0.4) is 0 Å². The van der Waals surface area contributed by atoms with E-state index in [1.165, 1.54) is 11.3 Å². The third kappa shape index (κ3) is 4.49. The monoisotopic (exact) mass is 275 g/mol. The SMILES string of the molecule is CNC(CCSc1nnc(N(C)C)s1)C(N)=O. The standard InChI is InChI=1S/C9H17N5OS2/c1-11-6(7(10)15)4-5-16-9-13-12-8(17-9)14(2)3/h6,11H,4-5H2,1-3H3,(H2,10,15). The third-order valence-corrected chi connectivity index (χ3v) is 4.36. The average molecular weight is 275 g/mol. The van der Waals surface area contributed by atoms with Gasteiger partial charge < -0.3 is 16.0 Å². The molecule has 0 bridgehead atoms. The van der Waals surface area contributed by atoms with Crippen LogP contribution in [0.25, 0.3) is 0 Å². The molecule has 0 fully saturated rings. The lowest BCUT2D eigenvalue weighted by molar-refractivity contribution is -0.119. The first-order chi connectivity index (χ1) is 8.04. The van der Waals surface area contributed by atoms with Gasteiger partial charge >= 0.3 is 0 Å². The van der Waals surface area contributed by atoms with Gasteiger partial charge in [-0.05, 0) is 13.5 Å². The molecule has 6 nitrogen and oxygen atoms in total. The number of nitrogens with two attached hydrogens (primary N) is 1. The van der Waals surface area contributed by atoms with E-state index >= 15 is 0 Å². The summed E-state index contributed by atoms with van der Waals surface area (Å²) in [6.07, 6.45) is 0.688. The van der Waals surface area contributed by atoms with Gasteiger partial charge in [0.05, 0.1) is 6.04 Å². The number of carbonyl (C=O) groups excluding carboxylic acids is 1. The topological polar surface area (TPSA) is 84.1 Å². The number of nitrogens with one attached hydrogen (secondary N) is 1. The number of primary amides is 1. The zero-order chi connectivity index (χ0) is 12.8. The van der Waals surface area contributed by atoms with E-state index in [0.29, 0.717) is 6.42 Å². The third-order valence-electron chi connectivity index (χ3n) is 2.10. The number of thioether (sulfide) groups is 1. The minimum Gasteiger partial charge on any atom is -0.368 e. The van der Waals surface area contributed by atoms with E-state index in [1.54, 1.807) is 18.8 Å². The number of hydrogen-bond acceptors (Lipinski definition) is 7. The first-order valence-electron chi connectivity index (χ1n) is 5.14. The van der Waals surface area contributed by atoms with Crippen LogP contribution in [0.15, 0.2) is 4.34 Å². The van der Waals surface area contributed by atoms with Gasteiger partial charge in [0, 0.05) is 19.8 Å². The number of likely N-dealkylation sites (N-methyl/N-ethyl adjacent to an activating group) is 1. The molecule has 0 saturated carbocycles. The second kappa shape index (κ2) is 6.77. The van der Waals surface area contributed by atoms with Crippen molar-refractivity contribution in [1.82, 2.24) is 15.5 Å². The predicted octanol–water partition coefficient (Wildman–Crippen LogP) is 0.160. The van der Waals surface area contributed by atoms with Gasteiger partial charge in [-0.2, -0.15) is 0 Å². The second-order valence-electron chi connectivity index (χ2n) is 3.63. The van der Waals surface area contributed by atoms with Crippen LogP contribution in [-0.4, -0.2) is 49.0 Å². The van der Waals surface area contributed by atoms with Crippen LogP contribution < -0.4 is 16.0 Å². The van der Waals surface area contributed by atoms with Gasteiger partial charge in [0.15, 0.2) is 4.34 Å². The van der Waals surface area contributed by atoms with Gasteiger partial charge in [-0.3, -0.25) is 4.79 Å². The molecule has 96 valence electrons. The van der Waals surface area contributed by atoms with Crippen molar-refractivity contribution >= 4 is 34.1 Å². The smallest absolute Gasteiger partial charge is 0.234 e. The lowest BCUT2D eigenvalue weighted by atomic mass is 10.2. The summed E-state index contributed by atoms with van der Waals surface area (Å²) < 4.78 is 0.910. The summed E-state index contributed by atoms with van der Waals surface area (Å²) in [4.78, 5) is 12.9. The molecule has 1 heterocycles. The van der Waals surface area contributed by atoms with Crippen LogP contribution in [-0.2, 0) is 4.79 Å². The molecule has 1 rings (SSSR count). The number of aromatic nitrogens is 2. The zero-order valence-corrected chi connectivity index (χ0v) is 11.8. The van der Waals surface area contributed by atoms with Crippen molar-refractivity contribution in [3.8, 4) is 0 Å². The van der Waals surface area contributed by atoms with Gasteiger partial charge in [-0.15, -0.1) is 10.2 Å². The summed E-state index contributed by atoms with van der Waals surface area (Å²) in [7, 11) is 5.59. The van der Waals surface area contributed by atoms with Crippen LogP contribution in [0.2, 0.25) is 0 Å². The lowest BCUT2D eigenvalue weighted by Crippen LogP contribution is -2.39. The van der Waals surface area contributed by atoms with Gasteiger partial charge in [-0.25, -0.2) is 0 Å². The molecule has 0 aliphatic heterocycles. The van der Waals surface area contributed by atoms with E-state index in [2.05, 4.69) is 15.5 Å².